The molecule has 2 rings (SSSR count). The van der Waals surface area contributed by atoms with Crippen molar-refractivity contribution in [3.05, 3.63) is 66.2 Å². The van der Waals surface area contributed by atoms with E-state index in [1.54, 1.807) is 0 Å². The van der Waals surface area contributed by atoms with Gasteiger partial charge in [-0.2, -0.15) is 0 Å². The molecule has 14 heavy (non-hydrogen) atoms. The zero-order valence-corrected chi connectivity index (χ0v) is 11.2. The maximum Gasteiger partial charge on any atom is 0.359 e. The molecule has 0 radical (unpaired) electrons. The van der Waals surface area contributed by atoms with Gasteiger partial charge in [-0.15, -0.1) is 0 Å². The molecule has 0 amide bonds. The zero-order chi connectivity index (χ0) is 9.80. The summed E-state index contributed by atoms with van der Waals surface area (Å²) in [7, 11) is 0. The molecule has 0 aliphatic rings. The standard InChI is InChI=1S/C12H9BrI/c13-11-8-4-5-9-12(11)14-10-6-2-1-3-7-10/h1-9H/q+1. The van der Waals surface area contributed by atoms with Crippen LogP contribution in [0, 0.1) is 7.14 Å². The highest BCUT2D eigenvalue weighted by molar-refractivity contribution is 9.10. The third kappa shape index (κ3) is 2.58. The smallest absolute Gasteiger partial charge is 0.0619 e. The lowest BCUT2D eigenvalue weighted by Crippen LogP contribution is -3.61. The minimum absolute atomic E-state index is 0.0399. The van der Waals surface area contributed by atoms with E-state index in [2.05, 4.69) is 70.5 Å². The molecule has 0 bridgehead atoms. The van der Waals surface area contributed by atoms with E-state index in [1.807, 2.05) is 0 Å². The average molecular weight is 360 g/mol. The van der Waals surface area contributed by atoms with Crippen molar-refractivity contribution in [1.29, 1.82) is 0 Å². The van der Waals surface area contributed by atoms with Crippen molar-refractivity contribution < 1.29 is 21.2 Å². The van der Waals surface area contributed by atoms with E-state index in [0.717, 1.165) is 0 Å². The first-order valence-corrected chi connectivity index (χ1v) is 7.26. The molecular formula is C12H9BrI+. The topological polar surface area (TPSA) is 0 Å². The first-order valence-electron chi connectivity index (χ1n) is 4.30. The van der Waals surface area contributed by atoms with Crippen LogP contribution in [0.3, 0.4) is 0 Å². The van der Waals surface area contributed by atoms with E-state index >= 15 is 0 Å². The molecule has 0 N–H and O–H groups in total. The van der Waals surface area contributed by atoms with Gasteiger partial charge in [0.25, 0.3) is 0 Å². The van der Waals surface area contributed by atoms with Gasteiger partial charge in [-0.3, -0.25) is 0 Å². The summed E-state index contributed by atoms with van der Waals surface area (Å²) < 4.78 is 4.13. The van der Waals surface area contributed by atoms with Crippen LogP contribution in [0.15, 0.2) is 59.1 Å². The number of halogens is 2. The third-order valence-corrected chi connectivity index (χ3v) is 6.06. The predicted molar refractivity (Wildman–Crippen MR) is 58.0 cm³/mol. The Morgan fingerprint density at radius 1 is 0.786 bits per heavy atom. The lowest BCUT2D eigenvalue weighted by Gasteiger charge is -1.89. The maximum absolute atomic E-state index is 3.58. The number of benzene rings is 2. The van der Waals surface area contributed by atoms with Crippen LogP contribution in [0.4, 0.5) is 0 Å². The largest absolute Gasteiger partial charge is 0.359 e. The molecule has 0 fully saturated rings. The summed E-state index contributed by atoms with van der Waals surface area (Å²) >= 11 is 3.54. The van der Waals surface area contributed by atoms with Crippen LogP contribution in [-0.2, 0) is 0 Å². The van der Waals surface area contributed by atoms with Crippen LogP contribution in [0.25, 0.3) is 0 Å². The molecule has 0 aliphatic heterocycles. The van der Waals surface area contributed by atoms with E-state index in [4.69, 9.17) is 0 Å². The van der Waals surface area contributed by atoms with Crippen LogP contribution >= 0.6 is 15.9 Å². The van der Waals surface area contributed by atoms with Gasteiger partial charge in [0, 0.05) is 0 Å². The summed E-state index contributed by atoms with van der Waals surface area (Å²) in [5, 5.41) is 0. The van der Waals surface area contributed by atoms with E-state index < -0.39 is 0 Å². The molecule has 0 saturated heterocycles. The van der Waals surface area contributed by atoms with Crippen molar-refractivity contribution in [3.63, 3.8) is 0 Å². The molecule has 0 heterocycles. The van der Waals surface area contributed by atoms with Crippen LogP contribution in [-0.4, -0.2) is 0 Å². The minimum atomic E-state index is -0.0399. The van der Waals surface area contributed by atoms with Crippen molar-refractivity contribution in [2.45, 2.75) is 0 Å². The molecule has 0 aromatic heterocycles. The first-order chi connectivity index (χ1) is 6.86. The Balaban J connectivity index is 2.24. The van der Waals surface area contributed by atoms with Gasteiger partial charge in [0.2, 0.25) is 3.57 Å². The van der Waals surface area contributed by atoms with Gasteiger partial charge >= 0.3 is 21.2 Å². The molecule has 2 aromatic rings. The summed E-state index contributed by atoms with van der Waals surface area (Å²) in [5.74, 6) is 0. The Morgan fingerprint density at radius 2 is 1.43 bits per heavy atom. The Hall–Kier alpha value is -0.350. The van der Waals surface area contributed by atoms with Gasteiger partial charge in [-0.25, -0.2) is 0 Å². The van der Waals surface area contributed by atoms with Crippen LogP contribution in [0.5, 0.6) is 0 Å². The second-order valence-corrected chi connectivity index (χ2v) is 6.61. The highest BCUT2D eigenvalue weighted by Gasteiger charge is 2.17. The predicted octanol–water partition coefficient (Wildman–Crippen LogP) is 0.577. The lowest BCUT2D eigenvalue weighted by molar-refractivity contribution is -0.598. The summed E-state index contributed by atoms with van der Waals surface area (Å²) in [6, 6.07) is 19.1. The first kappa shape index (κ1) is 10.2. The third-order valence-electron chi connectivity index (χ3n) is 1.77. The molecule has 0 nitrogen and oxygen atoms in total. The molecule has 0 unspecified atom stereocenters. The molecule has 2 heteroatoms. The van der Waals surface area contributed by atoms with Gasteiger partial charge in [0.05, 0.1) is 4.47 Å². The summed E-state index contributed by atoms with van der Waals surface area (Å²) in [5.41, 5.74) is 0. The van der Waals surface area contributed by atoms with Crippen molar-refractivity contribution in [3.8, 4) is 0 Å². The Labute approximate surface area is 103 Å². The normalized spacial score (nSPS) is 10.1. The molecule has 0 spiro atoms. The molecule has 2 aromatic carbocycles. The Morgan fingerprint density at radius 3 is 2.14 bits per heavy atom. The highest BCUT2D eigenvalue weighted by atomic mass is 127. The number of hydrogen-bond acceptors (Lipinski definition) is 0. The van der Waals surface area contributed by atoms with Crippen molar-refractivity contribution >= 4 is 15.9 Å². The Bertz CT molecular complexity index is 412. The average Bonchev–Trinajstić information content (AvgIpc) is 2.23. The van der Waals surface area contributed by atoms with Crippen LogP contribution < -0.4 is 21.2 Å². The maximum atomic E-state index is 3.58. The van der Waals surface area contributed by atoms with E-state index in [1.165, 1.54) is 11.6 Å². The molecule has 0 saturated carbocycles. The Kier molecular flexibility index (Phi) is 3.59. The molecule has 0 aliphatic carbocycles. The van der Waals surface area contributed by atoms with Gasteiger partial charge in [0.1, 0.15) is 0 Å². The fourth-order valence-electron chi connectivity index (χ4n) is 1.11. The summed E-state index contributed by atoms with van der Waals surface area (Å²) in [4.78, 5) is 0. The second-order valence-electron chi connectivity index (χ2n) is 2.80. The number of rotatable bonds is 2. The van der Waals surface area contributed by atoms with Crippen molar-refractivity contribution in [1.82, 2.24) is 0 Å². The highest BCUT2D eigenvalue weighted by Crippen LogP contribution is 2.06. The second kappa shape index (κ2) is 4.94. The van der Waals surface area contributed by atoms with Crippen molar-refractivity contribution in [2.24, 2.45) is 0 Å². The SMILES string of the molecule is Brc1ccccc1[I+]c1ccccc1. The summed E-state index contributed by atoms with van der Waals surface area (Å²) in [6.07, 6.45) is 0. The van der Waals surface area contributed by atoms with Gasteiger partial charge in [0.15, 0.2) is 3.57 Å². The van der Waals surface area contributed by atoms with E-state index in [-0.39, 0.29) is 21.2 Å². The summed E-state index contributed by atoms with van der Waals surface area (Å²) in [6.45, 7) is 0. The molecule has 0 atom stereocenters. The quantitative estimate of drug-likeness (QED) is 0.688. The monoisotopic (exact) mass is 359 g/mol. The van der Waals surface area contributed by atoms with Crippen LogP contribution in [0.2, 0.25) is 0 Å². The van der Waals surface area contributed by atoms with E-state index in [0.29, 0.717) is 0 Å². The van der Waals surface area contributed by atoms with Gasteiger partial charge < -0.3 is 0 Å². The fourth-order valence-corrected chi connectivity index (χ4v) is 4.17. The van der Waals surface area contributed by atoms with Crippen LogP contribution in [0.1, 0.15) is 0 Å². The molecule has 70 valence electrons. The minimum Gasteiger partial charge on any atom is -0.0619 e. The van der Waals surface area contributed by atoms with Crippen molar-refractivity contribution in [2.75, 3.05) is 0 Å². The fraction of sp³-hybridized carbons (Fsp3) is 0. The lowest BCUT2D eigenvalue weighted by atomic mass is 10.4. The zero-order valence-electron chi connectivity index (χ0n) is 7.45. The van der Waals surface area contributed by atoms with E-state index in [9.17, 15) is 0 Å². The molecular weight excluding hydrogens is 351 g/mol. The van der Waals surface area contributed by atoms with Gasteiger partial charge in [-0.05, 0) is 40.2 Å². The number of hydrogen-bond donors (Lipinski definition) is 0. The van der Waals surface area contributed by atoms with Gasteiger partial charge in [-0.1, -0.05) is 30.3 Å².